The molecule has 7 heteroatoms. The van der Waals surface area contributed by atoms with Crippen LogP contribution in [0.3, 0.4) is 0 Å². The fourth-order valence-corrected chi connectivity index (χ4v) is 0. The number of hydrogen-bond donors (Lipinski definition) is 0. The fraction of sp³-hybridized carbons (Fsp3) is 0. The Bertz CT molecular complexity index is 19.7. The van der Waals surface area contributed by atoms with E-state index in [0.29, 0.717) is 0 Å². The summed E-state index contributed by atoms with van der Waals surface area (Å²) in [6.45, 7) is 0. The summed E-state index contributed by atoms with van der Waals surface area (Å²) in [7, 11) is 0. The van der Waals surface area contributed by atoms with Crippen LogP contribution in [0.4, 0.5) is 0 Å². The standard InChI is InChI=1S/BH3.Co.Cr.Hf.Pt.Re.Y/h1H3;;;;;;. The molecular formula is H3BCoCrHfPtReY. The first-order chi connectivity index (χ1) is 0. The Balaban J connectivity index is 0. The third kappa shape index (κ3) is 37.8. The molecule has 0 aromatic rings. The normalized spacial score (nSPS) is 0. The van der Waals surface area contributed by atoms with E-state index in [4.69, 9.17) is 0 Å². The number of hydrogen-bond acceptors (Lipinski definition) is 0. The van der Waals surface area contributed by atoms with Crippen molar-refractivity contribution in [2.75, 3.05) is 0 Å². The van der Waals surface area contributed by atoms with Gasteiger partial charge in [0.05, 0.1) is 8.41 Å². The largest absolute Gasteiger partial charge is 0.0814 e. The van der Waals surface area contributed by atoms with Crippen LogP contribution >= 0.6 is 0 Å². The third-order valence-corrected chi connectivity index (χ3v) is 0. The predicted octanol–water partition coefficient (Wildman–Crippen LogP) is -1.20. The van der Waals surface area contributed by atoms with Crippen LogP contribution in [-0.2, 0) is 134 Å². The summed E-state index contributed by atoms with van der Waals surface area (Å²) < 4.78 is 0. The maximum Gasteiger partial charge on any atom is 0.0814 e. The van der Waals surface area contributed by atoms with Crippen molar-refractivity contribution in [3.63, 3.8) is 0 Å². The average Bonchev–Trinajstić information content (AvgIpc) is 0. The maximum atomic E-state index is 0. The Morgan fingerprint density at radius 3 is 1.00 bits per heavy atom. The zero-order chi connectivity index (χ0) is 0. The predicted molar refractivity (Wildman–Crippen MR) is 9.94 cm³/mol. The van der Waals surface area contributed by atoms with E-state index in [-0.39, 0.29) is 143 Å². The molecule has 0 bridgehead atoms. The van der Waals surface area contributed by atoms with Crippen molar-refractivity contribution < 1.29 is 134 Å². The van der Waals surface area contributed by atoms with E-state index >= 15 is 0 Å². The van der Waals surface area contributed by atoms with E-state index in [1.807, 2.05) is 0 Å². The van der Waals surface area contributed by atoms with Crippen LogP contribution in [0.5, 0.6) is 0 Å². The molecule has 0 rings (SSSR count). The van der Waals surface area contributed by atoms with E-state index in [9.17, 15) is 0 Å². The van der Waals surface area contributed by atoms with Crippen LogP contribution < -0.4 is 0 Å². The summed E-state index contributed by atoms with van der Waals surface area (Å²) in [6, 6.07) is 0. The van der Waals surface area contributed by atoms with Gasteiger partial charge in [-0.25, -0.2) is 0 Å². The van der Waals surface area contributed by atoms with Gasteiger partial charge in [0.15, 0.2) is 0 Å². The molecule has 0 atom stereocenters. The van der Waals surface area contributed by atoms with Gasteiger partial charge in [-0.2, -0.15) is 0 Å². The van der Waals surface area contributed by atoms with E-state index < -0.39 is 0 Å². The topological polar surface area (TPSA) is 0 Å². The second-order valence-corrected chi connectivity index (χ2v) is 0. The van der Waals surface area contributed by atoms with Gasteiger partial charge in [0, 0.05) is 134 Å². The number of rotatable bonds is 0. The van der Waals surface area contributed by atoms with Gasteiger partial charge in [-0.3, -0.25) is 0 Å². The van der Waals surface area contributed by atoms with Crippen molar-refractivity contribution in [3.05, 3.63) is 0 Å². The van der Waals surface area contributed by atoms with E-state index in [1.165, 1.54) is 0 Å². The molecule has 45 valence electrons. The van der Waals surface area contributed by atoms with E-state index in [0.717, 1.165) is 0 Å². The van der Waals surface area contributed by atoms with Crippen molar-refractivity contribution in [2.45, 2.75) is 0 Å². The van der Waals surface area contributed by atoms with Crippen molar-refractivity contribution >= 4 is 8.41 Å². The minimum Gasteiger partial charge on any atom is 0 e. The van der Waals surface area contributed by atoms with Crippen molar-refractivity contribution in [3.8, 4) is 0 Å². The van der Waals surface area contributed by atoms with Crippen LogP contribution in [-0.4, -0.2) is 8.41 Å². The molecule has 0 amide bonds. The zero-order valence-corrected chi connectivity index (χ0v) is 16.2. The van der Waals surface area contributed by atoms with Crippen LogP contribution in [0.15, 0.2) is 0 Å². The summed E-state index contributed by atoms with van der Waals surface area (Å²) in [5.41, 5.74) is 0. The van der Waals surface area contributed by atoms with Crippen LogP contribution in [0, 0.1) is 0 Å². The molecule has 0 aromatic heterocycles. The van der Waals surface area contributed by atoms with Gasteiger partial charge in [-0.05, 0) is 0 Å². The second kappa shape index (κ2) is 47.3. The molecule has 7 heavy (non-hydrogen) atoms. The second-order valence-electron chi connectivity index (χ2n) is 0. The van der Waals surface area contributed by atoms with Crippen molar-refractivity contribution in [1.82, 2.24) is 0 Å². The molecule has 0 aliphatic carbocycles. The summed E-state index contributed by atoms with van der Waals surface area (Å²) >= 11 is 0. The SMILES string of the molecule is B.[Co].[Cr].[Hf].[Pt].[Re].[Y]. The first-order valence-electron chi connectivity index (χ1n) is 0. The fourth-order valence-electron chi connectivity index (χ4n) is 0. The molecule has 0 heterocycles. The zero-order valence-electron chi connectivity index (χ0n) is 2.51. The summed E-state index contributed by atoms with van der Waals surface area (Å²) in [6.07, 6.45) is 0. The van der Waals surface area contributed by atoms with Crippen LogP contribution in [0.25, 0.3) is 0 Å². The summed E-state index contributed by atoms with van der Waals surface area (Å²) in [5, 5.41) is 0. The molecule has 0 saturated heterocycles. The Kier molecular flexibility index (Phi) is 428. The minimum atomic E-state index is 0. The molecule has 0 spiro atoms. The van der Waals surface area contributed by atoms with Crippen molar-refractivity contribution in [1.29, 1.82) is 0 Å². The molecule has 0 unspecified atom stereocenters. The van der Waals surface area contributed by atoms with Gasteiger partial charge < -0.3 is 0 Å². The molecule has 0 saturated carbocycles. The van der Waals surface area contributed by atoms with Crippen molar-refractivity contribution in [2.24, 2.45) is 0 Å². The van der Waals surface area contributed by atoms with Crippen LogP contribution in [0.1, 0.15) is 0 Å². The summed E-state index contributed by atoms with van der Waals surface area (Å²) in [5.74, 6) is 0. The molecule has 0 aliphatic heterocycles. The molecular weight excluding hydrogens is 770 g/mol. The molecule has 0 aliphatic rings. The third-order valence-electron chi connectivity index (χ3n) is 0. The maximum absolute atomic E-state index is 0. The smallest absolute Gasteiger partial charge is 0 e. The Labute approximate surface area is 139 Å². The quantitative estimate of drug-likeness (QED) is 0.272. The average molecular weight is 773 g/mol. The minimum absolute atomic E-state index is 0. The van der Waals surface area contributed by atoms with Gasteiger partial charge in [0.2, 0.25) is 0 Å². The van der Waals surface area contributed by atoms with Gasteiger partial charge >= 0.3 is 0 Å². The molecule has 0 nitrogen and oxygen atoms in total. The molecule has 0 fully saturated rings. The molecule has 0 N–H and O–H groups in total. The van der Waals surface area contributed by atoms with Gasteiger partial charge in [0.1, 0.15) is 0 Å². The first-order valence-corrected chi connectivity index (χ1v) is 0. The molecule has 3 radical (unpaired) electrons. The summed E-state index contributed by atoms with van der Waals surface area (Å²) in [4.78, 5) is 0. The van der Waals surface area contributed by atoms with Gasteiger partial charge in [-0.1, -0.05) is 0 Å². The van der Waals surface area contributed by atoms with Gasteiger partial charge in [0.25, 0.3) is 0 Å². The van der Waals surface area contributed by atoms with E-state index in [1.54, 1.807) is 0 Å². The monoisotopic (exact) mass is 776 g/mol. The Morgan fingerprint density at radius 1 is 1.00 bits per heavy atom. The Hall–Kier alpha value is 4.43. The first kappa shape index (κ1) is 63.4. The van der Waals surface area contributed by atoms with Crippen LogP contribution in [0.2, 0.25) is 0 Å². The van der Waals surface area contributed by atoms with Gasteiger partial charge in [-0.15, -0.1) is 0 Å². The molecule has 0 aromatic carbocycles. The Morgan fingerprint density at radius 2 is 1.00 bits per heavy atom. The van der Waals surface area contributed by atoms with E-state index in [2.05, 4.69) is 0 Å².